The van der Waals surface area contributed by atoms with E-state index in [9.17, 15) is 4.79 Å². The highest BCUT2D eigenvalue weighted by atomic mass is 35.5. The smallest absolute Gasteiger partial charge is 0.247 e. The molecule has 1 nitrogen and oxygen atoms in total. The summed E-state index contributed by atoms with van der Waals surface area (Å²) in [4.78, 5) is 10.9. The molecule has 0 aromatic heterocycles. The second kappa shape index (κ2) is 6.57. The monoisotopic (exact) mass is 394 g/mol. The summed E-state index contributed by atoms with van der Waals surface area (Å²) in [5, 5.41) is 0. The molecule has 0 aromatic carbocycles. The summed E-state index contributed by atoms with van der Waals surface area (Å²) in [5.41, 5.74) is 0.0806. The van der Waals surface area contributed by atoms with Gasteiger partial charge in [-0.25, -0.2) is 0 Å². The molecule has 0 spiro atoms. The topological polar surface area (TPSA) is 17.1 Å². The summed E-state index contributed by atoms with van der Waals surface area (Å²) in [6.45, 7) is 4.47. The molecule has 2 aliphatic rings. The second-order valence-corrected chi connectivity index (χ2v) is 11.0. The van der Waals surface area contributed by atoms with Crippen LogP contribution in [0.2, 0.25) is 0 Å². The molecule has 0 aromatic rings. The van der Waals surface area contributed by atoms with E-state index in [1.807, 2.05) is 0 Å². The molecule has 0 saturated heterocycles. The highest BCUT2D eigenvalue weighted by molar-refractivity contribution is 8.39. The zero-order valence-electron chi connectivity index (χ0n) is 11.4. The SMILES string of the molecule is CC1(C)[C@H]2CC[C@@H](C2)[C@]1(Cl)CSC(=O)S[C@H](Cl)C(Cl)Cl. The Hall–Kier alpha value is 1.53. The zero-order chi connectivity index (χ0) is 15.1. The minimum atomic E-state index is -0.755. The molecule has 20 heavy (non-hydrogen) atoms. The first kappa shape index (κ1) is 17.9. The average molecular weight is 396 g/mol. The van der Waals surface area contributed by atoms with Crippen LogP contribution in [0.4, 0.5) is 4.79 Å². The molecular weight excluding hydrogens is 378 g/mol. The number of rotatable bonds is 4. The van der Waals surface area contributed by atoms with Crippen LogP contribution in [0, 0.1) is 17.3 Å². The molecule has 0 unspecified atom stereocenters. The number of hydrogen-bond donors (Lipinski definition) is 0. The molecule has 4 atom stereocenters. The first-order chi connectivity index (χ1) is 9.18. The van der Waals surface area contributed by atoms with Gasteiger partial charge in [0.2, 0.25) is 4.45 Å². The van der Waals surface area contributed by atoms with Crippen molar-refractivity contribution in [3.05, 3.63) is 0 Å². The summed E-state index contributed by atoms with van der Waals surface area (Å²) in [6, 6.07) is 0. The standard InChI is InChI=1S/C13H18Cl4OS2/c1-12(2)7-3-4-8(5-7)13(12,17)6-19-11(18)20-10(16)9(14)15/h7-10H,3-6H2,1-2H3/t7-,8-,10-,13+/m0/s1. The lowest BCUT2D eigenvalue weighted by Gasteiger charge is -2.45. The number of halogens is 4. The Morgan fingerprint density at radius 2 is 1.85 bits per heavy atom. The fraction of sp³-hybridized carbons (Fsp3) is 0.923. The number of hydrogen-bond acceptors (Lipinski definition) is 3. The van der Waals surface area contributed by atoms with Crippen LogP contribution in [0.5, 0.6) is 0 Å². The van der Waals surface area contributed by atoms with Crippen molar-refractivity contribution in [1.82, 2.24) is 0 Å². The number of alkyl halides is 4. The van der Waals surface area contributed by atoms with Crippen molar-refractivity contribution in [2.24, 2.45) is 17.3 Å². The van der Waals surface area contributed by atoms with E-state index in [1.54, 1.807) is 0 Å². The third kappa shape index (κ3) is 3.23. The molecule has 0 heterocycles. The Morgan fingerprint density at radius 3 is 2.35 bits per heavy atom. The van der Waals surface area contributed by atoms with Crippen molar-refractivity contribution in [1.29, 1.82) is 0 Å². The van der Waals surface area contributed by atoms with Gasteiger partial charge in [0.1, 0.15) is 9.55 Å². The lowest BCUT2D eigenvalue weighted by Crippen LogP contribution is -2.46. The highest BCUT2D eigenvalue weighted by Crippen LogP contribution is 2.65. The summed E-state index contributed by atoms with van der Waals surface area (Å²) in [5.74, 6) is 1.84. The van der Waals surface area contributed by atoms with E-state index in [0.29, 0.717) is 17.6 Å². The van der Waals surface area contributed by atoms with Crippen molar-refractivity contribution >= 4 is 74.4 Å². The van der Waals surface area contributed by atoms with Crippen LogP contribution in [0.25, 0.3) is 0 Å². The van der Waals surface area contributed by atoms with Crippen LogP contribution in [0.3, 0.4) is 0 Å². The van der Waals surface area contributed by atoms with E-state index in [2.05, 4.69) is 13.8 Å². The Kier molecular flexibility index (Phi) is 5.87. The molecule has 0 radical (unpaired) electrons. The van der Waals surface area contributed by atoms with E-state index >= 15 is 0 Å². The highest BCUT2D eigenvalue weighted by Gasteiger charge is 2.61. The van der Waals surface area contributed by atoms with Crippen molar-refractivity contribution in [2.45, 2.75) is 47.5 Å². The maximum Gasteiger partial charge on any atom is 0.247 e. The van der Waals surface area contributed by atoms with E-state index < -0.39 is 9.55 Å². The Balaban J connectivity index is 1.92. The Morgan fingerprint density at radius 1 is 1.25 bits per heavy atom. The van der Waals surface area contributed by atoms with Gasteiger partial charge in [0.15, 0.2) is 0 Å². The zero-order valence-corrected chi connectivity index (χ0v) is 16.0. The van der Waals surface area contributed by atoms with Crippen molar-refractivity contribution in [2.75, 3.05) is 5.75 Å². The van der Waals surface area contributed by atoms with E-state index in [4.69, 9.17) is 46.4 Å². The minimum Gasteiger partial charge on any atom is -0.274 e. The maximum atomic E-state index is 11.9. The predicted octanol–water partition coefficient (Wildman–Crippen LogP) is 6.38. The van der Waals surface area contributed by atoms with Crippen molar-refractivity contribution < 1.29 is 4.79 Å². The second-order valence-electron chi connectivity index (χ2n) is 6.13. The normalized spacial score (nSPS) is 36.5. The molecule has 2 bridgehead atoms. The molecule has 7 heteroatoms. The largest absolute Gasteiger partial charge is 0.274 e. The van der Waals surface area contributed by atoms with Gasteiger partial charge in [0.05, 0.1) is 4.87 Å². The Labute approximate surface area is 149 Å². The average Bonchev–Trinajstić information content (AvgIpc) is 2.90. The maximum absolute atomic E-state index is 11.9. The van der Waals surface area contributed by atoms with Crippen LogP contribution in [0.1, 0.15) is 33.1 Å². The van der Waals surface area contributed by atoms with Gasteiger partial charge in [-0.2, -0.15) is 0 Å². The summed E-state index contributed by atoms with van der Waals surface area (Å²) in [6.07, 6.45) is 3.65. The Bertz CT molecular complexity index is 391. The first-order valence-corrected chi connectivity index (χ1v) is 10.2. The fourth-order valence-electron chi connectivity index (χ4n) is 3.56. The minimum absolute atomic E-state index is 0.0603. The van der Waals surface area contributed by atoms with Gasteiger partial charge in [-0.3, -0.25) is 4.79 Å². The molecular formula is C13H18Cl4OS2. The quantitative estimate of drug-likeness (QED) is 0.514. The predicted molar refractivity (Wildman–Crippen MR) is 93.8 cm³/mol. The lowest BCUT2D eigenvalue weighted by molar-refractivity contribution is 0.164. The molecule has 2 saturated carbocycles. The lowest BCUT2D eigenvalue weighted by atomic mass is 9.69. The van der Waals surface area contributed by atoms with Gasteiger partial charge in [0.25, 0.3) is 0 Å². The van der Waals surface area contributed by atoms with Crippen LogP contribution < -0.4 is 0 Å². The number of carbonyl (C=O) groups excluding carboxylic acids is 1. The molecule has 2 fully saturated rings. The van der Waals surface area contributed by atoms with Crippen LogP contribution in [-0.2, 0) is 0 Å². The van der Waals surface area contributed by atoms with E-state index in [1.165, 1.54) is 31.0 Å². The molecule has 0 N–H and O–H groups in total. The van der Waals surface area contributed by atoms with Crippen molar-refractivity contribution in [3.63, 3.8) is 0 Å². The molecule has 116 valence electrons. The van der Waals surface area contributed by atoms with Gasteiger partial charge in [-0.15, -0.1) is 46.4 Å². The van der Waals surface area contributed by atoms with Crippen LogP contribution in [-0.4, -0.2) is 24.6 Å². The number of fused-ring (bicyclic) bond motifs is 2. The molecule has 2 rings (SSSR count). The number of carbonyl (C=O) groups is 1. The summed E-state index contributed by atoms with van der Waals surface area (Å²) >= 11 is 26.4. The number of thioether (sulfide) groups is 2. The van der Waals surface area contributed by atoms with Crippen LogP contribution >= 0.6 is 69.9 Å². The van der Waals surface area contributed by atoms with Crippen molar-refractivity contribution in [3.8, 4) is 0 Å². The third-order valence-corrected chi connectivity index (χ3v) is 9.81. The first-order valence-electron chi connectivity index (χ1n) is 6.63. The molecule has 2 aliphatic carbocycles. The van der Waals surface area contributed by atoms with Gasteiger partial charge >= 0.3 is 0 Å². The van der Waals surface area contributed by atoms with Gasteiger partial charge in [-0.1, -0.05) is 37.4 Å². The van der Waals surface area contributed by atoms with Gasteiger partial charge in [0, 0.05) is 5.75 Å². The third-order valence-electron chi connectivity index (χ3n) is 4.98. The van der Waals surface area contributed by atoms with Gasteiger partial charge < -0.3 is 0 Å². The van der Waals surface area contributed by atoms with Crippen LogP contribution in [0.15, 0.2) is 0 Å². The fourth-order valence-corrected chi connectivity index (χ4v) is 6.77. The summed E-state index contributed by atoms with van der Waals surface area (Å²) in [7, 11) is 0. The van der Waals surface area contributed by atoms with Gasteiger partial charge in [-0.05, 0) is 36.5 Å². The van der Waals surface area contributed by atoms with E-state index in [-0.39, 0.29) is 14.7 Å². The molecule has 0 aliphatic heterocycles. The summed E-state index contributed by atoms with van der Waals surface area (Å²) < 4.78 is -0.674. The molecule has 0 amide bonds. The van der Waals surface area contributed by atoms with E-state index in [0.717, 1.165) is 11.8 Å².